The second kappa shape index (κ2) is 4.38. The van der Waals surface area contributed by atoms with Gasteiger partial charge >= 0.3 is 0 Å². The second-order valence-electron chi connectivity index (χ2n) is 3.09. The van der Waals surface area contributed by atoms with Crippen molar-refractivity contribution in [1.29, 1.82) is 0 Å². The number of likely N-dealkylation sites (N-methyl/N-ethyl adjacent to an activating group) is 1. The second-order valence-corrected chi connectivity index (χ2v) is 3.09. The lowest BCUT2D eigenvalue weighted by atomic mass is 10.5. The Labute approximate surface area is 69.0 Å². The van der Waals surface area contributed by atoms with E-state index < -0.39 is 0 Å². The maximum atomic E-state index is 5.09. The third-order valence-corrected chi connectivity index (χ3v) is 2.04. The molecule has 1 rings (SSSR count). The molecule has 2 heteroatoms. The molecule has 0 aromatic rings. The summed E-state index contributed by atoms with van der Waals surface area (Å²) in [6.45, 7) is 2.82. The van der Waals surface area contributed by atoms with Gasteiger partial charge in [0.15, 0.2) is 0 Å². The predicted molar refractivity (Wildman–Crippen MR) is 47.4 cm³/mol. The number of nitrogens with one attached hydrogen (secondary N) is 1. The summed E-state index contributed by atoms with van der Waals surface area (Å²) in [6, 6.07) is 0.864. The molecule has 0 heterocycles. The van der Waals surface area contributed by atoms with Crippen LogP contribution in [0.15, 0.2) is 0 Å². The lowest BCUT2D eigenvalue weighted by Crippen LogP contribution is -2.30. The zero-order chi connectivity index (χ0) is 8.10. The monoisotopic (exact) mass is 152 g/mol. The zero-order valence-corrected chi connectivity index (χ0v) is 7.14. The normalized spacial score (nSPS) is 16.8. The highest BCUT2D eigenvalue weighted by molar-refractivity contribution is 4.87. The molecule has 0 saturated heterocycles. The van der Waals surface area contributed by atoms with Gasteiger partial charge in [0, 0.05) is 19.1 Å². The number of hydrogen-bond acceptors (Lipinski definition) is 2. The predicted octanol–water partition coefficient (Wildman–Crippen LogP) is 0.303. The van der Waals surface area contributed by atoms with Crippen LogP contribution in [-0.2, 0) is 0 Å². The fourth-order valence-corrected chi connectivity index (χ4v) is 1.11. The average molecular weight is 152 g/mol. The van der Waals surface area contributed by atoms with E-state index in [-0.39, 0.29) is 0 Å². The summed E-state index contributed by atoms with van der Waals surface area (Å²) < 4.78 is 0. The van der Waals surface area contributed by atoms with Crippen LogP contribution in [-0.4, -0.2) is 37.6 Å². The third-order valence-electron chi connectivity index (χ3n) is 2.04. The molecule has 1 saturated carbocycles. The summed E-state index contributed by atoms with van der Waals surface area (Å²) in [6.07, 6.45) is 7.85. The van der Waals surface area contributed by atoms with Crippen LogP contribution in [0.2, 0.25) is 0 Å². The molecule has 0 unspecified atom stereocenters. The van der Waals surface area contributed by atoms with E-state index in [0.717, 1.165) is 19.1 Å². The first-order chi connectivity index (χ1) is 5.34. The molecule has 0 aliphatic heterocycles. The van der Waals surface area contributed by atoms with Crippen molar-refractivity contribution in [2.45, 2.75) is 18.9 Å². The zero-order valence-electron chi connectivity index (χ0n) is 7.14. The van der Waals surface area contributed by atoms with Crippen molar-refractivity contribution in [3.8, 4) is 12.3 Å². The van der Waals surface area contributed by atoms with Crippen molar-refractivity contribution in [2.75, 3.05) is 26.7 Å². The molecule has 62 valence electrons. The molecule has 1 fully saturated rings. The van der Waals surface area contributed by atoms with Crippen LogP contribution in [0.5, 0.6) is 0 Å². The fraction of sp³-hybridized carbons (Fsp3) is 0.778. The molecule has 1 N–H and O–H groups in total. The highest BCUT2D eigenvalue weighted by atomic mass is 15.2. The lowest BCUT2D eigenvalue weighted by molar-refractivity contribution is 0.324. The van der Waals surface area contributed by atoms with E-state index in [0.29, 0.717) is 6.54 Å². The van der Waals surface area contributed by atoms with Gasteiger partial charge in [-0.15, -0.1) is 6.42 Å². The van der Waals surface area contributed by atoms with E-state index in [2.05, 4.69) is 23.2 Å². The minimum absolute atomic E-state index is 0.693. The van der Waals surface area contributed by atoms with E-state index in [1.165, 1.54) is 12.8 Å². The fourth-order valence-electron chi connectivity index (χ4n) is 1.11. The van der Waals surface area contributed by atoms with Gasteiger partial charge in [-0.1, -0.05) is 5.92 Å². The standard InChI is InChI=1S/C9H16N2/c1-3-6-10-7-8-11(2)9-4-5-9/h1,9-10H,4-8H2,2H3. The topological polar surface area (TPSA) is 15.3 Å². The van der Waals surface area contributed by atoms with Crippen molar-refractivity contribution in [1.82, 2.24) is 10.2 Å². The molecular weight excluding hydrogens is 136 g/mol. The van der Waals surface area contributed by atoms with Crippen LogP contribution in [0.1, 0.15) is 12.8 Å². The van der Waals surface area contributed by atoms with Gasteiger partial charge in [-0.05, 0) is 19.9 Å². The van der Waals surface area contributed by atoms with Gasteiger partial charge in [0.25, 0.3) is 0 Å². The van der Waals surface area contributed by atoms with Crippen LogP contribution < -0.4 is 5.32 Å². The first-order valence-electron chi connectivity index (χ1n) is 4.19. The molecule has 0 bridgehead atoms. The van der Waals surface area contributed by atoms with Crippen LogP contribution >= 0.6 is 0 Å². The van der Waals surface area contributed by atoms with Gasteiger partial charge in [0.1, 0.15) is 0 Å². The van der Waals surface area contributed by atoms with Gasteiger partial charge in [0.2, 0.25) is 0 Å². The highest BCUT2D eigenvalue weighted by Gasteiger charge is 2.25. The van der Waals surface area contributed by atoms with Crippen molar-refractivity contribution in [3.05, 3.63) is 0 Å². The van der Waals surface area contributed by atoms with E-state index in [1.807, 2.05) is 0 Å². The van der Waals surface area contributed by atoms with Gasteiger partial charge in [-0.25, -0.2) is 0 Å². The molecule has 0 spiro atoms. The Morgan fingerprint density at radius 3 is 2.91 bits per heavy atom. The Morgan fingerprint density at radius 1 is 1.64 bits per heavy atom. The quantitative estimate of drug-likeness (QED) is 0.450. The van der Waals surface area contributed by atoms with Crippen LogP contribution in [0.3, 0.4) is 0 Å². The Hall–Kier alpha value is -0.520. The van der Waals surface area contributed by atoms with Crippen LogP contribution in [0, 0.1) is 12.3 Å². The molecular formula is C9H16N2. The summed E-state index contributed by atoms with van der Waals surface area (Å²) in [7, 11) is 2.18. The maximum Gasteiger partial charge on any atom is 0.0574 e. The van der Waals surface area contributed by atoms with Gasteiger partial charge in [-0.2, -0.15) is 0 Å². The first kappa shape index (κ1) is 8.58. The molecule has 2 nitrogen and oxygen atoms in total. The summed E-state index contributed by atoms with van der Waals surface area (Å²) >= 11 is 0. The van der Waals surface area contributed by atoms with E-state index in [9.17, 15) is 0 Å². The van der Waals surface area contributed by atoms with Gasteiger partial charge in [0.05, 0.1) is 6.54 Å². The summed E-state index contributed by atoms with van der Waals surface area (Å²) in [5, 5.41) is 3.17. The third kappa shape index (κ3) is 3.41. The first-order valence-corrected chi connectivity index (χ1v) is 4.19. The molecule has 0 aromatic carbocycles. The Kier molecular flexibility index (Phi) is 3.41. The summed E-state index contributed by atoms with van der Waals surface area (Å²) in [4.78, 5) is 2.39. The number of terminal acetylenes is 1. The number of hydrogen-bond donors (Lipinski definition) is 1. The Bertz CT molecular complexity index is 144. The van der Waals surface area contributed by atoms with E-state index in [4.69, 9.17) is 6.42 Å². The van der Waals surface area contributed by atoms with Crippen LogP contribution in [0.4, 0.5) is 0 Å². The average Bonchev–Trinajstić information content (AvgIpc) is 2.79. The SMILES string of the molecule is C#CCNCCN(C)C1CC1. The highest BCUT2D eigenvalue weighted by Crippen LogP contribution is 2.24. The largest absolute Gasteiger partial charge is 0.305 e. The molecule has 0 atom stereocenters. The smallest absolute Gasteiger partial charge is 0.0574 e. The van der Waals surface area contributed by atoms with E-state index in [1.54, 1.807) is 0 Å². The van der Waals surface area contributed by atoms with Crippen molar-refractivity contribution in [3.63, 3.8) is 0 Å². The molecule has 0 aromatic heterocycles. The lowest BCUT2D eigenvalue weighted by Gasteiger charge is -2.14. The van der Waals surface area contributed by atoms with E-state index >= 15 is 0 Å². The van der Waals surface area contributed by atoms with Crippen molar-refractivity contribution < 1.29 is 0 Å². The van der Waals surface area contributed by atoms with Crippen LogP contribution in [0.25, 0.3) is 0 Å². The number of rotatable bonds is 5. The van der Waals surface area contributed by atoms with Gasteiger partial charge in [-0.3, -0.25) is 0 Å². The molecule has 11 heavy (non-hydrogen) atoms. The molecule has 1 aliphatic rings. The Morgan fingerprint density at radius 2 is 2.36 bits per heavy atom. The molecule has 1 aliphatic carbocycles. The molecule has 0 radical (unpaired) electrons. The summed E-state index contributed by atoms with van der Waals surface area (Å²) in [5.74, 6) is 2.56. The number of nitrogens with zero attached hydrogens (tertiary/aromatic N) is 1. The van der Waals surface area contributed by atoms with Crippen molar-refractivity contribution in [2.24, 2.45) is 0 Å². The van der Waals surface area contributed by atoms with Gasteiger partial charge < -0.3 is 10.2 Å². The van der Waals surface area contributed by atoms with Crippen molar-refractivity contribution >= 4 is 0 Å². The summed E-state index contributed by atoms with van der Waals surface area (Å²) in [5.41, 5.74) is 0. The minimum atomic E-state index is 0.693. The molecule has 0 amide bonds. The minimum Gasteiger partial charge on any atom is -0.305 e. The maximum absolute atomic E-state index is 5.09. The Balaban J connectivity index is 1.90.